The lowest BCUT2D eigenvalue weighted by Crippen LogP contribution is -2.30. The zero-order chi connectivity index (χ0) is 42.7. The van der Waals surface area contributed by atoms with Crippen LogP contribution < -0.4 is 5.32 Å². The van der Waals surface area contributed by atoms with Crippen molar-refractivity contribution >= 4 is 42.2 Å². The number of pyridine rings is 1. The van der Waals surface area contributed by atoms with Crippen LogP contribution in [0.1, 0.15) is 62.8 Å². The molecule has 0 spiro atoms. The molecule has 0 saturated carbocycles. The van der Waals surface area contributed by atoms with Crippen molar-refractivity contribution in [3.8, 4) is 0 Å². The first-order valence-corrected chi connectivity index (χ1v) is 17.8. The van der Waals surface area contributed by atoms with Gasteiger partial charge < -0.3 is 19.5 Å². The van der Waals surface area contributed by atoms with E-state index in [1.165, 1.54) is 23.8 Å². The maximum absolute atomic E-state index is 10.7. The second kappa shape index (κ2) is 33.0. The number of hydrogen-bond acceptors (Lipinski definition) is 6. The number of ether oxygens (including phenoxy) is 1. The third-order valence-corrected chi connectivity index (χ3v) is 6.70. The Kier molecular flexibility index (Phi) is 30.3. The summed E-state index contributed by atoms with van der Waals surface area (Å²) in [6.45, 7) is 34.8. The van der Waals surface area contributed by atoms with E-state index in [0.29, 0.717) is 17.6 Å². The molecule has 0 bridgehead atoms. The standard InChI is InChI=1S/C9H10.C8H8.C7H13NO.C7H7N.C6H9NO.C5H6N2.C5H8O2/c1-3-9-6-4-8(2)5-7-9;1-2-8-6-4-3-5-7-8;1-5(2)7(9)8-6(3)4;1-2-7-3-5-8-6-4-7;1-2-7-5-3-4-6(7)8;1-2-7-4-3-6-5-7;1-4(2)5(6)7-3/h3-7H,1H2,2H3;2-7H,1H2;6H,1H2,2-4H3,(H,8,9);2-6H,1H2;2H,1,3-5H2;2-5H,1H2;1H2,2-3H3. The number of amides is 2. The van der Waals surface area contributed by atoms with E-state index in [0.717, 1.165) is 18.5 Å². The van der Waals surface area contributed by atoms with Gasteiger partial charge in [-0.2, -0.15) is 0 Å². The minimum absolute atomic E-state index is 0.0648. The van der Waals surface area contributed by atoms with Gasteiger partial charge in [0.05, 0.1) is 13.4 Å². The molecule has 9 heteroatoms. The molecule has 1 aliphatic rings. The normalized spacial score (nSPS) is 10.2. The Hall–Kier alpha value is -6.61. The summed E-state index contributed by atoms with van der Waals surface area (Å²) >= 11 is 0. The van der Waals surface area contributed by atoms with Crippen LogP contribution in [0.25, 0.3) is 24.4 Å². The number of carbonyl (C=O) groups excluding carboxylic acids is 3. The van der Waals surface area contributed by atoms with Crippen molar-refractivity contribution in [1.29, 1.82) is 0 Å². The van der Waals surface area contributed by atoms with Crippen molar-refractivity contribution < 1.29 is 19.1 Å². The van der Waals surface area contributed by atoms with E-state index >= 15 is 0 Å². The highest BCUT2D eigenvalue weighted by molar-refractivity contribution is 5.92. The number of benzene rings is 2. The van der Waals surface area contributed by atoms with E-state index in [1.54, 1.807) is 66.7 Å². The van der Waals surface area contributed by atoms with Gasteiger partial charge in [-0.05, 0) is 76.1 Å². The van der Waals surface area contributed by atoms with E-state index < -0.39 is 0 Å². The Labute approximate surface area is 335 Å². The van der Waals surface area contributed by atoms with E-state index in [9.17, 15) is 14.4 Å². The molecule has 1 fully saturated rings. The number of aromatic nitrogens is 3. The van der Waals surface area contributed by atoms with Crippen molar-refractivity contribution in [3.05, 3.63) is 183 Å². The zero-order valence-electron chi connectivity index (χ0n) is 34.2. The first kappa shape index (κ1) is 51.5. The van der Waals surface area contributed by atoms with Gasteiger partial charge in [0.1, 0.15) is 0 Å². The number of likely N-dealkylation sites (tertiary alicyclic amines) is 1. The minimum atomic E-state index is -0.347. The SMILES string of the molecule is C=C(C)C(=O)NC(C)C.C=C(C)C(=O)OC.C=CN1CCCC1=O.C=Cc1ccc(C)cc1.C=Cc1ccccc1.C=Cc1ccncc1.C=Cn1ccnc1. The van der Waals surface area contributed by atoms with Gasteiger partial charge in [0.15, 0.2) is 0 Å². The summed E-state index contributed by atoms with van der Waals surface area (Å²) in [5.74, 6) is -0.204. The number of carbonyl (C=O) groups is 3. The molecule has 0 aliphatic carbocycles. The van der Waals surface area contributed by atoms with Gasteiger partial charge in [-0.25, -0.2) is 9.78 Å². The van der Waals surface area contributed by atoms with Crippen molar-refractivity contribution in [2.24, 2.45) is 0 Å². The highest BCUT2D eigenvalue weighted by Gasteiger charge is 2.16. The Bertz CT molecular complexity index is 1700. The summed E-state index contributed by atoms with van der Waals surface area (Å²) in [7, 11) is 1.33. The van der Waals surface area contributed by atoms with Gasteiger partial charge in [-0.1, -0.05) is 124 Å². The Morgan fingerprint density at radius 3 is 1.57 bits per heavy atom. The van der Waals surface area contributed by atoms with Crippen LogP contribution in [0, 0.1) is 6.92 Å². The molecule has 4 aromatic rings. The highest BCUT2D eigenvalue weighted by Crippen LogP contribution is 2.08. The molecular weight excluding hydrogens is 699 g/mol. The van der Waals surface area contributed by atoms with Crippen LogP contribution in [-0.2, 0) is 19.1 Å². The number of imidazole rings is 1. The number of hydrogen-bond donors (Lipinski definition) is 1. The van der Waals surface area contributed by atoms with Gasteiger partial charge >= 0.3 is 5.97 Å². The maximum Gasteiger partial charge on any atom is 0.332 e. The molecule has 2 amide bonds. The van der Waals surface area contributed by atoms with E-state index in [1.807, 2.05) is 74.7 Å². The number of esters is 1. The molecule has 3 heterocycles. The smallest absolute Gasteiger partial charge is 0.332 e. The second-order valence-electron chi connectivity index (χ2n) is 12.0. The van der Waals surface area contributed by atoms with E-state index in [2.05, 4.69) is 97.3 Å². The van der Waals surface area contributed by atoms with Crippen molar-refractivity contribution in [2.75, 3.05) is 13.7 Å². The molecule has 1 aliphatic heterocycles. The summed E-state index contributed by atoms with van der Waals surface area (Å²) in [6.07, 6.45) is 19.2. The fourth-order valence-electron chi connectivity index (χ4n) is 3.59. The van der Waals surface area contributed by atoms with Crippen LogP contribution in [-0.4, -0.2) is 56.9 Å². The zero-order valence-corrected chi connectivity index (χ0v) is 34.2. The average Bonchev–Trinajstić information content (AvgIpc) is 3.91. The van der Waals surface area contributed by atoms with Crippen LogP contribution in [0.15, 0.2) is 161 Å². The third-order valence-electron chi connectivity index (χ3n) is 6.70. The molecule has 0 radical (unpaired) electrons. The number of nitrogens with zero attached hydrogens (tertiary/aromatic N) is 4. The monoisotopic (exact) mass is 759 g/mol. The van der Waals surface area contributed by atoms with Crippen LogP contribution in [0.4, 0.5) is 0 Å². The fourth-order valence-corrected chi connectivity index (χ4v) is 3.59. The second-order valence-corrected chi connectivity index (χ2v) is 12.0. The van der Waals surface area contributed by atoms with Crippen LogP contribution in [0.3, 0.4) is 0 Å². The number of methoxy groups -OCH3 is 1. The highest BCUT2D eigenvalue weighted by atomic mass is 16.5. The summed E-state index contributed by atoms with van der Waals surface area (Å²) in [6, 6.07) is 22.3. The molecule has 2 aromatic heterocycles. The van der Waals surface area contributed by atoms with Gasteiger partial charge in [0.2, 0.25) is 11.8 Å². The van der Waals surface area contributed by atoms with E-state index in [4.69, 9.17) is 0 Å². The number of nitrogens with one attached hydrogen (secondary N) is 1. The van der Waals surface area contributed by atoms with E-state index in [-0.39, 0.29) is 23.8 Å². The fraction of sp³-hybridized carbons (Fsp3) is 0.213. The largest absolute Gasteiger partial charge is 0.466 e. The van der Waals surface area contributed by atoms with Crippen LogP contribution in [0.2, 0.25) is 0 Å². The first-order chi connectivity index (χ1) is 26.7. The molecular formula is C47H61N5O4. The minimum Gasteiger partial charge on any atom is -0.466 e. The first-order valence-electron chi connectivity index (χ1n) is 17.8. The van der Waals surface area contributed by atoms with Crippen molar-refractivity contribution in [1.82, 2.24) is 24.8 Å². The lowest BCUT2D eigenvalue weighted by atomic mass is 10.2. The summed E-state index contributed by atoms with van der Waals surface area (Å²) < 4.78 is 6.05. The quantitative estimate of drug-likeness (QED) is 0.142. The number of aryl methyl sites for hydroxylation is 1. The third kappa shape index (κ3) is 28.0. The topological polar surface area (TPSA) is 106 Å². The molecule has 56 heavy (non-hydrogen) atoms. The van der Waals surface area contributed by atoms with Gasteiger partial charge in [-0.3, -0.25) is 14.6 Å². The summed E-state index contributed by atoms with van der Waals surface area (Å²) in [5, 5.41) is 2.70. The Morgan fingerprint density at radius 2 is 1.30 bits per heavy atom. The van der Waals surface area contributed by atoms with Crippen molar-refractivity contribution in [2.45, 2.75) is 53.5 Å². The Balaban J connectivity index is 0. The number of rotatable bonds is 8. The predicted octanol–water partition coefficient (Wildman–Crippen LogP) is 10.3. The maximum atomic E-state index is 10.7. The molecule has 0 atom stereocenters. The lowest BCUT2D eigenvalue weighted by Gasteiger charge is -2.06. The molecule has 1 saturated heterocycles. The molecule has 5 rings (SSSR count). The molecule has 0 unspecified atom stereocenters. The molecule has 1 N–H and O–H groups in total. The van der Waals surface area contributed by atoms with Gasteiger partial charge in [0.25, 0.3) is 0 Å². The summed E-state index contributed by atoms with van der Waals surface area (Å²) in [5.41, 5.74) is 5.75. The predicted molar refractivity (Wildman–Crippen MR) is 237 cm³/mol. The lowest BCUT2D eigenvalue weighted by molar-refractivity contribution is -0.136. The van der Waals surface area contributed by atoms with Gasteiger partial charge in [0, 0.05) is 61.1 Å². The summed E-state index contributed by atoms with van der Waals surface area (Å²) in [4.78, 5) is 40.9. The molecule has 2 aromatic carbocycles. The molecule has 9 nitrogen and oxygen atoms in total. The van der Waals surface area contributed by atoms with Gasteiger partial charge in [-0.15, -0.1) is 0 Å². The van der Waals surface area contributed by atoms with Crippen LogP contribution in [0.5, 0.6) is 0 Å². The molecule has 298 valence electrons. The van der Waals surface area contributed by atoms with Crippen molar-refractivity contribution in [3.63, 3.8) is 0 Å². The Morgan fingerprint density at radius 1 is 0.768 bits per heavy atom. The average molecular weight is 760 g/mol. The van der Waals surface area contributed by atoms with Crippen LogP contribution >= 0.6 is 0 Å².